The molecule has 1 aliphatic rings. The largest absolute Gasteiger partial charge is 0.466 e. The number of hydrogen-bond donors (Lipinski definition) is 1. The first-order valence-corrected chi connectivity index (χ1v) is 5.12. The summed E-state index contributed by atoms with van der Waals surface area (Å²) in [7, 11) is 0. The molecular formula is C10H12F3NO4. The molecule has 1 atom stereocenters. The molecule has 0 fully saturated rings. The van der Waals surface area contributed by atoms with Gasteiger partial charge in [0.05, 0.1) is 6.61 Å². The summed E-state index contributed by atoms with van der Waals surface area (Å²) in [5.74, 6) is -2.30. The molecule has 0 saturated heterocycles. The first-order valence-electron chi connectivity index (χ1n) is 5.12. The molecule has 1 heterocycles. The maximum Gasteiger partial charge on any atom is 0.449 e. The molecule has 18 heavy (non-hydrogen) atoms. The quantitative estimate of drug-likeness (QED) is 0.781. The van der Waals surface area contributed by atoms with Crippen molar-refractivity contribution in [2.75, 3.05) is 6.61 Å². The molecule has 0 aliphatic carbocycles. The van der Waals surface area contributed by atoms with Gasteiger partial charge in [-0.15, -0.1) is 0 Å². The second-order valence-electron chi connectivity index (χ2n) is 3.65. The minimum Gasteiger partial charge on any atom is -0.466 e. The summed E-state index contributed by atoms with van der Waals surface area (Å²) in [6.45, 7) is 2.60. The first kappa shape index (κ1) is 14.3. The molecule has 1 amide bonds. The second kappa shape index (κ2) is 4.87. The topological polar surface area (TPSA) is 64.6 Å². The molecule has 0 aromatic rings. The van der Waals surface area contributed by atoms with Crippen LogP contribution in [0.15, 0.2) is 11.8 Å². The maximum atomic E-state index is 13.0. The van der Waals surface area contributed by atoms with Gasteiger partial charge in [-0.3, -0.25) is 9.59 Å². The summed E-state index contributed by atoms with van der Waals surface area (Å²) >= 11 is 0. The average molecular weight is 267 g/mol. The molecular weight excluding hydrogens is 255 g/mol. The maximum absolute atomic E-state index is 13.0. The number of carbonyl (C=O) groups excluding carboxylic acids is 2. The number of halogens is 3. The van der Waals surface area contributed by atoms with Crippen LogP contribution < -0.4 is 5.32 Å². The van der Waals surface area contributed by atoms with Crippen LogP contribution in [0.1, 0.15) is 20.3 Å². The SMILES string of the molecule is CCOC(=O)CC1(C(F)(F)F)NC(=O)C=C(C)O1. The Labute approximate surface area is 101 Å². The molecule has 0 spiro atoms. The van der Waals surface area contributed by atoms with Gasteiger partial charge in [0.15, 0.2) is 0 Å². The predicted molar refractivity (Wildman–Crippen MR) is 53.0 cm³/mol. The van der Waals surface area contributed by atoms with E-state index in [1.54, 1.807) is 5.32 Å². The third-order valence-corrected chi connectivity index (χ3v) is 2.15. The van der Waals surface area contributed by atoms with Crippen molar-refractivity contribution >= 4 is 11.9 Å². The minimum absolute atomic E-state index is 0.0600. The van der Waals surface area contributed by atoms with Crippen molar-refractivity contribution < 1.29 is 32.2 Å². The van der Waals surface area contributed by atoms with Crippen LogP contribution in [0.2, 0.25) is 0 Å². The van der Waals surface area contributed by atoms with E-state index in [1.165, 1.54) is 13.8 Å². The fraction of sp³-hybridized carbons (Fsp3) is 0.600. The van der Waals surface area contributed by atoms with E-state index in [0.717, 1.165) is 6.08 Å². The van der Waals surface area contributed by atoms with Crippen LogP contribution in [0.4, 0.5) is 13.2 Å². The van der Waals surface area contributed by atoms with Crippen LogP contribution in [-0.4, -0.2) is 30.4 Å². The Morgan fingerprint density at radius 2 is 2.17 bits per heavy atom. The summed E-state index contributed by atoms with van der Waals surface area (Å²) in [5, 5.41) is 1.63. The Kier molecular flexibility index (Phi) is 3.88. The van der Waals surface area contributed by atoms with Crippen molar-refractivity contribution in [1.82, 2.24) is 5.32 Å². The van der Waals surface area contributed by atoms with E-state index in [-0.39, 0.29) is 12.4 Å². The van der Waals surface area contributed by atoms with Crippen LogP contribution in [-0.2, 0) is 19.1 Å². The Hall–Kier alpha value is -1.73. The zero-order chi connectivity index (χ0) is 14.0. The number of allylic oxidation sites excluding steroid dienone is 1. The Morgan fingerprint density at radius 1 is 1.56 bits per heavy atom. The average Bonchev–Trinajstić information content (AvgIpc) is 2.13. The molecule has 0 aromatic carbocycles. The highest BCUT2D eigenvalue weighted by molar-refractivity contribution is 5.89. The Bertz CT molecular complexity index is 391. The lowest BCUT2D eigenvalue weighted by Crippen LogP contribution is -2.63. The van der Waals surface area contributed by atoms with Gasteiger partial charge in [-0.25, -0.2) is 0 Å². The first-order chi connectivity index (χ1) is 8.20. The lowest BCUT2D eigenvalue weighted by atomic mass is 10.1. The molecule has 0 saturated carbocycles. The van der Waals surface area contributed by atoms with Gasteiger partial charge in [0.2, 0.25) is 0 Å². The number of carbonyl (C=O) groups is 2. The highest BCUT2D eigenvalue weighted by Gasteiger charge is 2.61. The van der Waals surface area contributed by atoms with Gasteiger partial charge in [-0.1, -0.05) is 0 Å². The summed E-state index contributed by atoms with van der Waals surface area (Å²) in [4.78, 5) is 22.4. The molecule has 0 aromatic heterocycles. The Morgan fingerprint density at radius 3 is 2.61 bits per heavy atom. The molecule has 102 valence electrons. The third-order valence-electron chi connectivity index (χ3n) is 2.15. The standard InChI is InChI=1S/C10H12F3NO4/c1-3-17-8(16)5-9(10(11,12)13)14-7(15)4-6(2)18-9/h4H,3,5H2,1-2H3,(H,14,15). The molecule has 0 bridgehead atoms. The summed E-state index contributed by atoms with van der Waals surface area (Å²) < 4.78 is 48.0. The monoisotopic (exact) mass is 267 g/mol. The number of alkyl halides is 3. The van der Waals surface area contributed by atoms with E-state index in [4.69, 9.17) is 0 Å². The van der Waals surface area contributed by atoms with Gasteiger partial charge < -0.3 is 14.8 Å². The van der Waals surface area contributed by atoms with Crippen LogP contribution >= 0.6 is 0 Å². The van der Waals surface area contributed by atoms with Gasteiger partial charge in [-0.2, -0.15) is 13.2 Å². The lowest BCUT2D eigenvalue weighted by Gasteiger charge is -2.37. The van der Waals surface area contributed by atoms with E-state index in [9.17, 15) is 22.8 Å². The summed E-state index contributed by atoms with van der Waals surface area (Å²) in [5.41, 5.74) is -3.06. The van der Waals surface area contributed by atoms with Crippen LogP contribution in [0, 0.1) is 0 Å². The number of nitrogens with one attached hydrogen (secondary N) is 1. The molecule has 8 heteroatoms. The van der Waals surface area contributed by atoms with Crippen molar-refractivity contribution in [3.63, 3.8) is 0 Å². The summed E-state index contributed by atoms with van der Waals surface area (Å²) in [6, 6.07) is 0. The smallest absolute Gasteiger partial charge is 0.449 e. The van der Waals surface area contributed by atoms with Crippen molar-refractivity contribution in [2.45, 2.75) is 32.2 Å². The number of esters is 1. The van der Waals surface area contributed by atoms with E-state index >= 15 is 0 Å². The fourth-order valence-corrected chi connectivity index (χ4v) is 1.47. The molecule has 1 rings (SSSR count). The molecule has 0 radical (unpaired) electrons. The van der Waals surface area contributed by atoms with Crippen LogP contribution in [0.25, 0.3) is 0 Å². The van der Waals surface area contributed by atoms with E-state index in [1.807, 2.05) is 0 Å². The minimum atomic E-state index is -4.94. The van der Waals surface area contributed by atoms with Gasteiger partial charge in [0, 0.05) is 6.08 Å². The van der Waals surface area contributed by atoms with Crippen molar-refractivity contribution in [1.29, 1.82) is 0 Å². The highest BCUT2D eigenvalue weighted by Crippen LogP contribution is 2.37. The van der Waals surface area contributed by atoms with E-state index in [0.29, 0.717) is 0 Å². The molecule has 1 aliphatic heterocycles. The van der Waals surface area contributed by atoms with E-state index < -0.39 is 30.2 Å². The normalized spacial score (nSPS) is 23.8. The van der Waals surface area contributed by atoms with Crippen LogP contribution in [0.5, 0.6) is 0 Å². The Balaban J connectivity index is 3.02. The van der Waals surface area contributed by atoms with Gasteiger partial charge in [-0.05, 0) is 13.8 Å². The van der Waals surface area contributed by atoms with Crippen molar-refractivity contribution in [3.8, 4) is 0 Å². The predicted octanol–water partition coefficient (Wildman–Crippen LogP) is 1.25. The zero-order valence-corrected chi connectivity index (χ0v) is 9.76. The molecule has 1 unspecified atom stereocenters. The molecule has 5 nitrogen and oxygen atoms in total. The lowest BCUT2D eigenvalue weighted by molar-refractivity contribution is -0.281. The highest BCUT2D eigenvalue weighted by atomic mass is 19.4. The second-order valence-corrected chi connectivity index (χ2v) is 3.65. The van der Waals surface area contributed by atoms with E-state index in [2.05, 4.69) is 9.47 Å². The van der Waals surface area contributed by atoms with Crippen molar-refractivity contribution in [2.24, 2.45) is 0 Å². The number of ether oxygens (including phenoxy) is 2. The van der Waals surface area contributed by atoms with Crippen LogP contribution in [0.3, 0.4) is 0 Å². The summed E-state index contributed by atoms with van der Waals surface area (Å²) in [6.07, 6.45) is -5.21. The number of hydrogen-bond acceptors (Lipinski definition) is 4. The number of amides is 1. The zero-order valence-electron chi connectivity index (χ0n) is 9.76. The van der Waals surface area contributed by atoms with Gasteiger partial charge in [0.1, 0.15) is 12.2 Å². The molecule has 1 N–H and O–H groups in total. The number of rotatable bonds is 3. The van der Waals surface area contributed by atoms with Gasteiger partial charge >= 0.3 is 12.1 Å². The fourth-order valence-electron chi connectivity index (χ4n) is 1.47. The van der Waals surface area contributed by atoms with Crippen molar-refractivity contribution in [3.05, 3.63) is 11.8 Å². The van der Waals surface area contributed by atoms with Gasteiger partial charge in [0.25, 0.3) is 11.6 Å². The third kappa shape index (κ3) is 2.93.